The number of rotatable bonds is 5. The molecule has 3 aromatic heterocycles. The number of fused-ring (bicyclic) bond motifs is 1. The summed E-state index contributed by atoms with van der Waals surface area (Å²) < 4.78 is 7.32. The highest BCUT2D eigenvalue weighted by Gasteiger charge is 2.22. The minimum Gasteiger partial charge on any atom is -0.362 e. The monoisotopic (exact) mass is 374 g/mol. The van der Waals surface area contributed by atoms with Crippen LogP contribution in [0, 0.1) is 0 Å². The van der Waals surface area contributed by atoms with Gasteiger partial charge in [0.1, 0.15) is 17.3 Å². The highest BCUT2D eigenvalue weighted by atomic mass is 16.5. The molecule has 1 aromatic carbocycles. The van der Waals surface area contributed by atoms with Gasteiger partial charge in [0.2, 0.25) is 0 Å². The Balaban J connectivity index is 1.41. The molecule has 0 unspecified atom stereocenters. The average Bonchev–Trinajstić information content (AvgIpc) is 3.49. The smallest absolute Gasteiger partial charge is 0.163 e. The van der Waals surface area contributed by atoms with Crippen molar-refractivity contribution in [1.82, 2.24) is 24.9 Å². The summed E-state index contributed by atoms with van der Waals surface area (Å²) in [6.07, 6.45) is 6.63. The van der Waals surface area contributed by atoms with Crippen LogP contribution in [0.25, 0.3) is 22.3 Å². The Morgan fingerprint density at radius 1 is 1.14 bits per heavy atom. The van der Waals surface area contributed by atoms with Crippen LogP contribution in [0.3, 0.4) is 0 Å². The van der Waals surface area contributed by atoms with Gasteiger partial charge in [-0.05, 0) is 12.8 Å². The van der Waals surface area contributed by atoms with E-state index in [2.05, 4.69) is 15.6 Å². The molecule has 0 amide bonds. The normalized spacial score (nSPS) is 14.8. The standard InChI is InChI=1S/C21H22N6O/c1-27-21-17(13-23-27)20(24-19(25-21)15-9-5-6-10-15)22-12-16-11-18(26-28-16)14-7-3-2-4-8-14/h2-4,7-8,11,13,15H,5-6,9-10,12H2,1H3,(H,22,24,25). The quantitative estimate of drug-likeness (QED) is 0.561. The summed E-state index contributed by atoms with van der Waals surface area (Å²) in [5.74, 6) is 2.92. The Bertz CT molecular complexity index is 1090. The number of hydrogen-bond donors (Lipinski definition) is 1. The zero-order valence-corrected chi connectivity index (χ0v) is 15.8. The van der Waals surface area contributed by atoms with Crippen molar-refractivity contribution in [1.29, 1.82) is 0 Å². The maximum atomic E-state index is 5.51. The summed E-state index contributed by atoms with van der Waals surface area (Å²) in [5, 5.41) is 12.9. The largest absolute Gasteiger partial charge is 0.362 e. The highest BCUT2D eigenvalue weighted by molar-refractivity contribution is 5.86. The van der Waals surface area contributed by atoms with Crippen molar-refractivity contribution in [3.05, 3.63) is 54.2 Å². The molecule has 1 aliphatic rings. The fraction of sp³-hybridized carbons (Fsp3) is 0.333. The third kappa shape index (κ3) is 3.13. The molecular weight excluding hydrogens is 352 g/mol. The van der Waals surface area contributed by atoms with Gasteiger partial charge in [-0.1, -0.05) is 48.3 Å². The molecule has 0 saturated heterocycles. The van der Waals surface area contributed by atoms with Crippen molar-refractivity contribution in [3.8, 4) is 11.3 Å². The van der Waals surface area contributed by atoms with Crippen molar-refractivity contribution < 1.29 is 4.52 Å². The maximum absolute atomic E-state index is 5.51. The second-order valence-corrected chi connectivity index (χ2v) is 7.32. The molecule has 0 radical (unpaired) electrons. The molecule has 1 N–H and O–H groups in total. The Morgan fingerprint density at radius 3 is 2.79 bits per heavy atom. The van der Waals surface area contributed by atoms with Gasteiger partial charge in [0.05, 0.1) is 18.1 Å². The van der Waals surface area contributed by atoms with Crippen LogP contribution < -0.4 is 5.32 Å². The van der Waals surface area contributed by atoms with Gasteiger partial charge in [-0.25, -0.2) is 9.97 Å². The van der Waals surface area contributed by atoms with E-state index in [1.807, 2.05) is 54.3 Å². The van der Waals surface area contributed by atoms with Gasteiger partial charge in [-0.3, -0.25) is 4.68 Å². The molecule has 0 atom stereocenters. The van der Waals surface area contributed by atoms with Crippen LogP contribution in [-0.2, 0) is 13.6 Å². The minimum atomic E-state index is 0.440. The van der Waals surface area contributed by atoms with E-state index in [0.29, 0.717) is 12.5 Å². The molecule has 1 aliphatic carbocycles. The van der Waals surface area contributed by atoms with E-state index in [1.54, 1.807) is 0 Å². The molecule has 0 spiro atoms. The number of nitrogens with one attached hydrogen (secondary N) is 1. The SMILES string of the molecule is Cn1ncc2c(NCc3cc(-c4ccccc4)no3)nc(C3CCCC3)nc21. The van der Waals surface area contributed by atoms with E-state index >= 15 is 0 Å². The van der Waals surface area contributed by atoms with Gasteiger partial charge >= 0.3 is 0 Å². The van der Waals surface area contributed by atoms with Crippen molar-refractivity contribution in [2.24, 2.45) is 7.05 Å². The van der Waals surface area contributed by atoms with Gasteiger partial charge < -0.3 is 9.84 Å². The van der Waals surface area contributed by atoms with Crippen LogP contribution >= 0.6 is 0 Å². The van der Waals surface area contributed by atoms with E-state index < -0.39 is 0 Å². The van der Waals surface area contributed by atoms with Crippen LogP contribution in [0.2, 0.25) is 0 Å². The molecule has 5 rings (SSSR count). The van der Waals surface area contributed by atoms with Crippen molar-refractivity contribution >= 4 is 16.9 Å². The van der Waals surface area contributed by atoms with Crippen LogP contribution in [0.5, 0.6) is 0 Å². The van der Waals surface area contributed by atoms with E-state index in [0.717, 1.165) is 52.5 Å². The van der Waals surface area contributed by atoms with Gasteiger partial charge in [0, 0.05) is 24.6 Å². The number of aryl methyl sites for hydroxylation is 1. The van der Waals surface area contributed by atoms with Crippen molar-refractivity contribution in [2.45, 2.75) is 38.1 Å². The predicted octanol–water partition coefficient (Wildman–Crippen LogP) is 4.29. The Morgan fingerprint density at radius 2 is 1.96 bits per heavy atom. The molecule has 142 valence electrons. The van der Waals surface area contributed by atoms with E-state index in [1.165, 1.54) is 12.8 Å². The molecule has 1 saturated carbocycles. The first kappa shape index (κ1) is 16.9. The molecular formula is C21H22N6O. The Labute approximate surface area is 162 Å². The van der Waals surface area contributed by atoms with Gasteiger partial charge in [0.25, 0.3) is 0 Å². The number of hydrogen-bond acceptors (Lipinski definition) is 6. The number of aromatic nitrogens is 5. The lowest BCUT2D eigenvalue weighted by Crippen LogP contribution is -2.08. The fourth-order valence-corrected chi connectivity index (χ4v) is 3.85. The number of nitrogens with zero attached hydrogens (tertiary/aromatic N) is 5. The summed E-state index contributed by atoms with van der Waals surface area (Å²) in [5.41, 5.74) is 2.73. The molecule has 28 heavy (non-hydrogen) atoms. The first-order chi connectivity index (χ1) is 13.8. The molecule has 0 aliphatic heterocycles. The lowest BCUT2D eigenvalue weighted by molar-refractivity contribution is 0.390. The first-order valence-corrected chi connectivity index (χ1v) is 9.72. The summed E-state index contributed by atoms with van der Waals surface area (Å²) in [6.45, 7) is 0.505. The van der Waals surface area contributed by atoms with Gasteiger partial charge in [-0.2, -0.15) is 5.10 Å². The Hall–Kier alpha value is -3.22. The fourth-order valence-electron chi connectivity index (χ4n) is 3.85. The summed E-state index contributed by atoms with van der Waals surface area (Å²) in [7, 11) is 1.92. The molecule has 0 bridgehead atoms. The van der Waals surface area contributed by atoms with E-state index in [4.69, 9.17) is 14.5 Å². The molecule has 7 nitrogen and oxygen atoms in total. The van der Waals surface area contributed by atoms with Gasteiger partial charge in [-0.15, -0.1) is 0 Å². The molecule has 1 fully saturated rings. The summed E-state index contributed by atoms with van der Waals surface area (Å²) in [6, 6.07) is 12.0. The number of anilines is 1. The summed E-state index contributed by atoms with van der Waals surface area (Å²) >= 11 is 0. The zero-order chi connectivity index (χ0) is 18.9. The van der Waals surface area contributed by atoms with Crippen LogP contribution in [-0.4, -0.2) is 24.9 Å². The molecule has 7 heteroatoms. The molecule has 3 heterocycles. The van der Waals surface area contributed by atoms with E-state index in [-0.39, 0.29) is 0 Å². The van der Waals surface area contributed by atoms with Crippen molar-refractivity contribution in [2.75, 3.05) is 5.32 Å². The van der Waals surface area contributed by atoms with Crippen LogP contribution in [0.4, 0.5) is 5.82 Å². The third-order valence-electron chi connectivity index (χ3n) is 5.39. The maximum Gasteiger partial charge on any atom is 0.163 e. The highest BCUT2D eigenvalue weighted by Crippen LogP contribution is 2.34. The zero-order valence-electron chi connectivity index (χ0n) is 15.8. The topological polar surface area (TPSA) is 81.7 Å². The van der Waals surface area contributed by atoms with E-state index in [9.17, 15) is 0 Å². The minimum absolute atomic E-state index is 0.440. The van der Waals surface area contributed by atoms with Crippen molar-refractivity contribution in [3.63, 3.8) is 0 Å². The third-order valence-corrected chi connectivity index (χ3v) is 5.39. The lowest BCUT2D eigenvalue weighted by atomic mass is 10.1. The van der Waals surface area contributed by atoms with Gasteiger partial charge in [0.15, 0.2) is 11.4 Å². The second kappa shape index (κ2) is 7.07. The predicted molar refractivity (Wildman–Crippen MR) is 107 cm³/mol. The average molecular weight is 374 g/mol. The molecule has 4 aromatic rings. The summed E-state index contributed by atoms with van der Waals surface area (Å²) in [4.78, 5) is 9.63. The Kier molecular flexibility index (Phi) is 4.27. The number of benzene rings is 1. The first-order valence-electron chi connectivity index (χ1n) is 9.72. The van der Waals surface area contributed by atoms with Crippen LogP contribution in [0.1, 0.15) is 43.2 Å². The lowest BCUT2D eigenvalue weighted by Gasteiger charge is -2.11. The second-order valence-electron chi connectivity index (χ2n) is 7.32. The van der Waals surface area contributed by atoms with Crippen LogP contribution in [0.15, 0.2) is 47.1 Å².